The molecule has 0 radical (unpaired) electrons. The standard InChI is InChI=1S/C14H11F3O2/c1-8(18)13-7-9(15)2-3-14(13)19-12-5-10(16)4-11(17)6-12/h2-8,18H,1H3. The van der Waals surface area contributed by atoms with Crippen LogP contribution in [0.1, 0.15) is 18.6 Å². The van der Waals surface area contributed by atoms with Gasteiger partial charge in [-0.05, 0) is 25.1 Å². The molecule has 2 nitrogen and oxygen atoms in total. The average molecular weight is 268 g/mol. The molecule has 0 bridgehead atoms. The van der Waals surface area contributed by atoms with Crippen LogP contribution in [0.3, 0.4) is 0 Å². The molecule has 1 N–H and O–H groups in total. The van der Waals surface area contributed by atoms with Crippen LogP contribution in [0.15, 0.2) is 36.4 Å². The SMILES string of the molecule is CC(O)c1cc(F)ccc1Oc1cc(F)cc(F)c1. The van der Waals surface area contributed by atoms with Gasteiger partial charge in [-0.2, -0.15) is 0 Å². The smallest absolute Gasteiger partial charge is 0.133 e. The summed E-state index contributed by atoms with van der Waals surface area (Å²) < 4.78 is 44.4. The van der Waals surface area contributed by atoms with Crippen molar-refractivity contribution in [1.82, 2.24) is 0 Å². The molecule has 5 heteroatoms. The van der Waals surface area contributed by atoms with E-state index in [2.05, 4.69) is 0 Å². The van der Waals surface area contributed by atoms with Crippen LogP contribution in [-0.4, -0.2) is 5.11 Å². The first-order chi connectivity index (χ1) is 8.95. The van der Waals surface area contributed by atoms with Crippen molar-refractivity contribution in [2.45, 2.75) is 13.0 Å². The van der Waals surface area contributed by atoms with Gasteiger partial charge in [0, 0.05) is 23.8 Å². The normalized spacial score (nSPS) is 12.3. The Balaban J connectivity index is 2.37. The molecule has 0 aliphatic rings. The molecule has 0 fully saturated rings. The zero-order valence-corrected chi connectivity index (χ0v) is 10.0. The summed E-state index contributed by atoms with van der Waals surface area (Å²) in [6.07, 6.45) is -0.968. The second-order valence-electron chi connectivity index (χ2n) is 4.07. The van der Waals surface area contributed by atoms with E-state index in [9.17, 15) is 18.3 Å². The van der Waals surface area contributed by atoms with Crippen LogP contribution in [0.2, 0.25) is 0 Å². The predicted octanol–water partition coefficient (Wildman–Crippen LogP) is 3.95. The van der Waals surface area contributed by atoms with Crippen LogP contribution >= 0.6 is 0 Å². The lowest BCUT2D eigenvalue weighted by Gasteiger charge is -2.13. The maximum absolute atomic E-state index is 13.1. The second-order valence-corrected chi connectivity index (χ2v) is 4.07. The van der Waals surface area contributed by atoms with Crippen LogP contribution in [0.4, 0.5) is 13.2 Å². The number of benzene rings is 2. The molecule has 0 aliphatic carbocycles. The first kappa shape index (κ1) is 13.4. The highest BCUT2D eigenvalue weighted by Gasteiger charge is 2.12. The number of aliphatic hydroxyl groups is 1. The van der Waals surface area contributed by atoms with Gasteiger partial charge in [0.1, 0.15) is 29.0 Å². The minimum Gasteiger partial charge on any atom is -0.457 e. The summed E-state index contributed by atoms with van der Waals surface area (Å²) in [5.74, 6) is -2.02. The number of hydrogen-bond donors (Lipinski definition) is 1. The summed E-state index contributed by atoms with van der Waals surface area (Å²) in [6, 6.07) is 6.25. The van der Waals surface area contributed by atoms with E-state index in [1.807, 2.05) is 0 Å². The first-order valence-corrected chi connectivity index (χ1v) is 5.57. The summed E-state index contributed by atoms with van der Waals surface area (Å²) in [5.41, 5.74) is 0.199. The number of ether oxygens (including phenoxy) is 1. The molecule has 19 heavy (non-hydrogen) atoms. The highest BCUT2D eigenvalue weighted by molar-refractivity contribution is 5.39. The van der Waals surface area contributed by atoms with E-state index in [1.165, 1.54) is 13.0 Å². The van der Waals surface area contributed by atoms with Crippen molar-refractivity contribution in [3.8, 4) is 11.5 Å². The summed E-state index contributed by atoms with van der Waals surface area (Å²) in [7, 11) is 0. The quantitative estimate of drug-likeness (QED) is 0.913. The Kier molecular flexibility index (Phi) is 3.76. The Morgan fingerprint density at radius 1 is 0.947 bits per heavy atom. The molecule has 0 spiro atoms. The molecule has 2 aromatic carbocycles. The van der Waals surface area contributed by atoms with Crippen molar-refractivity contribution in [3.63, 3.8) is 0 Å². The van der Waals surface area contributed by atoms with Crippen LogP contribution in [0.25, 0.3) is 0 Å². The van der Waals surface area contributed by atoms with Crippen molar-refractivity contribution in [1.29, 1.82) is 0 Å². The molecule has 0 aromatic heterocycles. The van der Waals surface area contributed by atoms with Crippen LogP contribution in [0, 0.1) is 17.5 Å². The van der Waals surface area contributed by atoms with Gasteiger partial charge in [0.15, 0.2) is 0 Å². The number of rotatable bonds is 3. The van der Waals surface area contributed by atoms with Gasteiger partial charge in [0.05, 0.1) is 6.10 Å². The minimum atomic E-state index is -0.968. The van der Waals surface area contributed by atoms with E-state index in [-0.39, 0.29) is 17.1 Å². The zero-order valence-electron chi connectivity index (χ0n) is 10.0. The molecule has 0 saturated heterocycles. The van der Waals surface area contributed by atoms with E-state index < -0.39 is 23.6 Å². The number of halogens is 3. The molecule has 100 valence electrons. The lowest BCUT2D eigenvalue weighted by atomic mass is 10.1. The Bertz CT molecular complexity index is 577. The van der Waals surface area contributed by atoms with E-state index in [0.717, 1.165) is 24.3 Å². The van der Waals surface area contributed by atoms with Gasteiger partial charge in [0.2, 0.25) is 0 Å². The monoisotopic (exact) mass is 268 g/mol. The molecule has 2 rings (SSSR count). The van der Waals surface area contributed by atoms with Crippen LogP contribution < -0.4 is 4.74 Å². The van der Waals surface area contributed by atoms with Crippen molar-refractivity contribution in [2.75, 3.05) is 0 Å². The number of aliphatic hydroxyl groups excluding tert-OH is 1. The molecule has 0 aliphatic heterocycles. The summed E-state index contributed by atoms with van der Waals surface area (Å²) >= 11 is 0. The van der Waals surface area contributed by atoms with E-state index in [1.54, 1.807) is 0 Å². The molecular formula is C14H11F3O2. The fourth-order valence-corrected chi connectivity index (χ4v) is 1.65. The molecule has 1 unspecified atom stereocenters. The average Bonchev–Trinajstić information content (AvgIpc) is 2.30. The van der Waals surface area contributed by atoms with Gasteiger partial charge < -0.3 is 9.84 Å². The lowest BCUT2D eigenvalue weighted by molar-refractivity contribution is 0.195. The third kappa shape index (κ3) is 3.26. The summed E-state index contributed by atoms with van der Waals surface area (Å²) in [5, 5.41) is 9.52. The van der Waals surface area contributed by atoms with Crippen LogP contribution in [0.5, 0.6) is 11.5 Å². The van der Waals surface area contributed by atoms with E-state index >= 15 is 0 Å². The van der Waals surface area contributed by atoms with Crippen LogP contribution in [-0.2, 0) is 0 Å². The largest absolute Gasteiger partial charge is 0.457 e. The van der Waals surface area contributed by atoms with E-state index in [0.29, 0.717) is 6.07 Å². The van der Waals surface area contributed by atoms with Gasteiger partial charge in [-0.25, -0.2) is 13.2 Å². The van der Waals surface area contributed by atoms with Gasteiger partial charge >= 0.3 is 0 Å². The molecule has 1 atom stereocenters. The number of hydrogen-bond acceptors (Lipinski definition) is 2. The van der Waals surface area contributed by atoms with Gasteiger partial charge in [-0.15, -0.1) is 0 Å². The second kappa shape index (κ2) is 5.32. The summed E-state index contributed by atoms with van der Waals surface area (Å²) in [6.45, 7) is 1.44. The Hall–Kier alpha value is -2.01. The zero-order chi connectivity index (χ0) is 14.0. The molecule has 0 heterocycles. The maximum Gasteiger partial charge on any atom is 0.133 e. The van der Waals surface area contributed by atoms with Crippen molar-refractivity contribution in [3.05, 3.63) is 59.4 Å². The van der Waals surface area contributed by atoms with Crippen molar-refractivity contribution >= 4 is 0 Å². The topological polar surface area (TPSA) is 29.5 Å². The molecule has 0 amide bonds. The molecule has 2 aromatic rings. The van der Waals surface area contributed by atoms with Crippen molar-refractivity contribution < 1.29 is 23.0 Å². The van der Waals surface area contributed by atoms with Gasteiger partial charge in [-0.1, -0.05) is 0 Å². The maximum atomic E-state index is 13.1. The summed E-state index contributed by atoms with van der Waals surface area (Å²) in [4.78, 5) is 0. The van der Waals surface area contributed by atoms with Crippen molar-refractivity contribution in [2.24, 2.45) is 0 Å². The molecule has 0 saturated carbocycles. The third-order valence-corrected chi connectivity index (χ3v) is 2.49. The highest BCUT2D eigenvalue weighted by Crippen LogP contribution is 2.30. The van der Waals surface area contributed by atoms with Gasteiger partial charge in [-0.3, -0.25) is 0 Å². The fraction of sp³-hybridized carbons (Fsp3) is 0.143. The highest BCUT2D eigenvalue weighted by atomic mass is 19.1. The lowest BCUT2D eigenvalue weighted by Crippen LogP contribution is -1.97. The molecular weight excluding hydrogens is 257 g/mol. The Labute approximate surface area is 108 Å². The minimum absolute atomic E-state index is 0.0639. The van der Waals surface area contributed by atoms with E-state index in [4.69, 9.17) is 4.74 Å². The third-order valence-electron chi connectivity index (χ3n) is 2.49. The Morgan fingerprint density at radius 3 is 2.16 bits per heavy atom. The predicted molar refractivity (Wildman–Crippen MR) is 63.5 cm³/mol. The Morgan fingerprint density at radius 2 is 1.58 bits per heavy atom. The first-order valence-electron chi connectivity index (χ1n) is 5.57. The van der Waals surface area contributed by atoms with Gasteiger partial charge in [0.25, 0.3) is 0 Å². The fourth-order valence-electron chi connectivity index (χ4n) is 1.65.